The molecule has 7 heteroatoms. The lowest BCUT2D eigenvalue weighted by atomic mass is 10.1. The Kier molecular flexibility index (Phi) is 5.27. The average Bonchev–Trinajstić information content (AvgIpc) is 2.76. The van der Waals surface area contributed by atoms with E-state index in [0.717, 1.165) is 21.2 Å². The molecule has 0 atom stereocenters. The van der Waals surface area contributed by atoms with Gasteiger partial charge in [-0.3, -0.25) is 4.79 Å². The maximum Gasteiger partial charge on any atom is 0.267 e. The molecule has 0 N–H and O–H groups in total. The van der Waals surface area contributed by atoms with Crippen LogP contribution in [0, 0.1) is 11.3 Å². The van der Waals surface area contributed by atoms with Gasteiger partial charge in [-0.1, -0.05) is 30.3 Å². The number of nitrogens with zero attached hydrogens (tertiary/aromatic N) is 5. The van der Waals surface area contributed by atoms with Crippen molar-refractivity contribution in [1.29, 1.82) is 5.26 Å². The van der Waals surface area contributed by atoms with E-state index in [1.54, 1.807) is 36.7 Å². The van der Waals surface area contributed by atoms with Gasteiger partial charge in [0.15, 0.2) is 5.82 Å². The van der Waals surface area contributed by atoms with Crippen LogP contribution in [0.2, 0.25) is 0 Å². The molecule has 0 aliphatic carbocycles. The van der Waals surface area contributed by atoms with Gasteiger partial charge in [-0.25, -0.2) is 14.6 Å². The molecule has 0 spiro atoms. The van der Waals surface area contributed by atoms with E-state index in [1.807, 2.05) is 30.3 Å². The maximum atomic E-state index is 12.3. The zero-order chi connectivity index (χ0) is 20.2. The summed E-state index contributed by atoms with van der Waals surface area (Å²) >= 11 is 3.33. The Morgan fingerprint density at radius 2 is 1.72 bits per heavy atom. The van der Waals surface area contributed by atoms with Gasteiger partial charge in [-0.2, -0.15) is 10.4 Å². The average molecular weight is 444 g/mol. The zero-order valence-electron chi connectivity index (χ0n) is 15.2. The lowest BCUT2D eigenvalue weighted by molar-refractivity contribution is 0.643. The van der Waals surface area contributed by atoms with E-state index in [1.165, 1.54) is 10.7 Å². The fraction of sp³-hybridized carbons (Fsp3) is 0.0455. The van der Waals surface area contributed by atoms with Crippen molar-refractivity contribution >= 4 is 15.9 Å². The molecule has 0 bridgehead atoms. The number of nitriles is 1. The van der Waals surface area contributed by atoms with Crippen LogP contribution in [0.1, 0.15) is 11.1 Å². The molecule has 0 saturated carbocycles. The first-order valence-electron chi connectivity index (χ1n) is 8.78. The summed E-state index contributed by atoms with van der Waals surface area (Å²) < 4.78 is 2.22. The summed E-state index contributed by atoms with van der Waals surface area (Å²) in [5.41, 5.74) is 3.54. The van der Waals surface area contributed by atoms with E-state index in [-0.39, 0.29) is 5.56 Å². The Morgan fingerprint density at radius 1 is 0.966 bits per heavy atom. The monoisotopic (exact) mass is 443 g/mol. The molecular weight excluding hydrogens is 430 g/mol. The molecule has 2 heterocycles. The number of halogens is 1. The van der Waals surface area contributed by atoms with Gasteiger partial charge in [-0.05, 0) is 45.8 Å². The van der Waals surface area contributed by atoms with E-state index in [2.05, 4.69) is 37.1 Å². The summed E-state index contributed by atoms with van der Waals surface area (Å²) in [6, 6.07) is 20.1. The van der Waals surface area contributed by atoms with Gasteiger partial charge in [0.2, 0.25) is 0 Å². The van der Waals surface area contributed by atoms with Crippen molar-refractivity contribution in [2.75, 3.05) is 0 Å². The van der Waals surface area contributed by atoms with Crippen LogP contribution in [-0.4, -0.2) is 19.7 Å². The zero-order valence-corrected chi connectivity index (χ0v) is 16.7. The van der Waals surface area contributed by atoms with Gasteiger partial charge >= 0.3 is 0 Å². The molecule has 6 nitrogen and oxygen atoms in total. The molecule has 2 aromatic heterocycles. The second kappa shape index (κ2) is 8.17. The van der Waals surface area contributed by atoms with Gasteiger partial charge in [0.05, 0.1) is 28.3 Å². The summed E-state index contributed by atoms with van der Waals surface area (Å²) in [5.74, 6) is 0.609. The molecule has 2 aromatic carbocycles. The highest BCUT2D eigenvalue weighted by molar-refractivity contribution is 9.10. The third-order valence-corrected chi connectivity index (χ3v) is 4.70. The first-order valence-corrected chi connectivity index (χ1v) is 9.57. The van der Waals surface area contributed by atoms with Gasteiger partial charge in [0.25, 0.3) is 5.56 Å². The number of hydrogen-bond acceptors (Lipinski definition) is 5. The van der Waals surface area contributed by atoms with Crippen molar-refractivity contribution in [3.05, 3.63) is 99.0 Å². The second-order valence-electron chi connectivity index (χ2n) is 6.33. The van der Waals surface area contributed by atoms with Crippen LogP contribution in [0.25, 0.3) is 22.6 Å². The topological polar surface area (TPSA) is 84.5 Å². The molecule has 4 rings (SSSR count). The van der Waals surface area contributed by atoms with Gasteiger partial charge in [0.1, 0.15) is 0 Å². The van der Waals surface area contributed by atoms with Crippen molar-refractivity contribution in [2.24, 2.45) is 0 Å². The SMILES string of the molecule is N#Cc1cccc(-c2ccc(=O)n(Cc3cccc(-c4ncc(Br)cn4)c3)n2)c1. The fourth-order valence-corrected chi connectivity index (χ4v) is 3.11. The molecule has 0 fully saturated rings. The predicted octanol–water partition coefficient (Wildman–Crippen LogP) is 4.05. The molecular formula is C22H14BrN5O. The molecule has 0 radical (unpaired) electrons. The van der Waals surface area contributed by atoms with Crippen molar-refractivity contribution in [2.45, 2.75) is 6.54 Å². The van der Waals surface area contributed by atoms with Crippen LogP contribution in [0.4, 0.5) is 0 Å². The van der Waals surface area contributed by atoms with Crippen LogP contribution < -0.4 is 5.56 Å². The Labute approximate surface area is 175 Å². The molecule has 29 heavy (non-hydrogen) atoms. The number of aromatic nitrogens is 4. The van der Waals surface area contributed by atoms with Crippen molar-refractivity contribution in [1.82, 2.24) is 19.7 Å². The van der Waals surface area contributed by atoms with Crippen molar-refractivity contribution in [3.8, 4) is 28.7 Å². The summed E-state index contributed by atoms with van der Waals surface area (Å²) in [5, 5.41) is 13.6. The van der Waals surface area contributed by atoms with Crippen LogP contribution in [-0.2, 0) is 6.54 Å². The van der Waals surface area contributed by atoms with Crippen molar-refractivity contribution in [3.63, 3.8) is 0 Å². The first kappa shape index (κ1) is 18.7. The minimum Gasteiger partial charge on any atom is -0.268 e. The van der Waals surface area contributed by atoms with E-state index in [4.69, 9.17) is 5.26 Å². The normalized spacial score (nSPS) is 10.5. The van der Waals surface area contributed by atoms with Gasteiger partial charge in [0, 0.05) is 29.6 Å². The Bertz CT molecular complexity index is 1280. The minimum absolute atomic E-state index is 0.199. The molecule has 0 amide bonds. The number of hydrogen-bond donors (Lipinski definition) is 0. The Morgan fingerprint density at radius 3 is 2.52 bits per heavy atom. The largest absolute Gasteiger partial charge is 0.268 e. The highest BCUT2D eigenvalue weighted by Gasteiger charge is 2.07. The smallest absolute Gasteiger partial charge is 0.267 e. The fourth-order valence-electron chi connectivity index (χ4n) is 2.91. The third kappa shape index (κ3) is 4.28. The highest BCUT2D eigenvalue weighted by atomic mass is 79.9. The van der Waals surface area contributed by atoms with E-state index >= 15 is 0 Å². The molecule has 0 unspecified atom stereocenters. The summed E-state index contributed by atoms with van der Waals surface area (Å²) in [7, 11) is 0. The number of rotatable bonds is 4. The molecule has 0 aliphatic heterocycles. The molecule has 0 aliphatic rings. The van der Waals surface area contributed by atoms with E-state index in [0.29, 0.717) is 23.6 Å². The highest BCUT2D eigenvalue weighted by Crippen LogP contribution is 2.19. The summed E-state index contributed by atoms with van der Waals surface area (Å²) in [6.45, 7) is 0.314. The van der Waals surface area contributed by atoms with E-state index in [9.17, 15) is 4.79 Å². The van der Waals surface area contributed by atoms with Crippen LogP contribution in [0.3, 0.4) is 0 Å². The molecule has 140 valence electrons. The quantitative estimate of drug-likeness (QED) is 0.474. The minimum atomic E-state index is -0.199. The van der Waals surface area contributed by atoms with Gasteiger partial charge in [-0.15, -0.1) is 0 Å². The van der Waals surface area contributed by atoms with Crippen LogP contribution >= 0.6 is 15.9 Å². The predicted molar refractivity (Wildman–Crippen MR) is 113 cm³/mol. The number of benzene rings is 2. The molecule has 4 aromatic rings. The van der Waals surface area contributed by atoms with Crippen LogP contribution in [0.5, 0.6) is 0 Å². The second-order valence-corrected chi connectivity index (χ2v) is 7.25. The Hall–Kier alpha value is -3.63. The third-order valence-electron chi connectivity index (χ3n) is 4.29. The van der Waals surface area contributed by atoms with Gasteiger partial charge < -0.3 is 0 Å². The standard InChI is InChI=1S/C22H14BrN5O/c23-19-12-25-22(26-13-19)18-6-2-4-16(10-18)14-28-21(29)8-7-20(27-28)17-5-1-3-15(9-17)11-24/h1-10,12-13H,14H2. The van der Waals surface area contributed by atoms with E-state index < -0.39 is 0 Å². The molecule has 0 saturated heterocycles. The maximum absolute atomic E-state index is 12.3. The summed E-state index contributed by atoms with van der Waals surface area (Å²) in [6.07, 6.45) is 3.39. The summed E-state index contributed by atoms with van der Waals surface area (Å²) in [4.78, 5) is 21.0. The van der Waals surface area contributed by atoms with Crippen LogP contribution in [0.15, 0.2) is 82.3 Å². The lowest BCUT2D eigenvalue weighted by Gasteiger charge is -2.09. The first-order chi connectivity index (χ1) is 14.1. The lowest BCUT2D eigenvalue weighted by Crippen LogP contribution is -2.22. The van der Waals surface area contributed by atoms with Crippen molar-refractivity contribution < 1.29 is 0 Å². The Balaban J connectivity index is 1.66.